The number of ketones is 1. The van der Waals surface area contributed by atoms with Crippen LogP contribution in [0.3, 0.4) is 0 Å². The van der Waals surface area contributed by atoms with Gasteiger partial charge in [-0.05, 0) is 144 Å². The van der Waals surface area contributed by atoms with Crippen LogP contribution in [0.25, 0.3) is 16.8 Å². The van der Waals surface area contributed by atoms with E-state index in [1.807, 2.05) is 127 Å². The summed E-state index contributed by atoms with van der Waals surface area (Å²) in [6, 6.07) is 66.5. The van der Waals surface area contributed by atoms with Gasteiger partial charge in [-0.2, -0.15) is 34.1 Å². The summed E-state index contributed by atoms with van der Waals surface area (Å²) in [6.45, 7) is 39.7. The minimum absolute atomic E-state index is 0. The number of aliphatic carboxylic acids is 1. The molecule has 3 amide bonds. The topological polar surface area (TPSA) is 557 Å². The van der Waals surface area contributed by atoms with Crippen molar-refractivity contribution in [3.8, 4) is 0 Å². The third kappa shape index (κ3) is 43.8. The molecular formula is C100H148N15NaO22S6. The Morgan fingerprint density at radius 1 is 0.417 bits per heavy atom. The number of aromatic nitrogens is 2. The maximum atomic E-state index is 13.1. The molecule has 13 rings (SSSR count). The number of benzene rings is 9. The monoisotopic (exact) mass is 2130 g/mol. The molecule has 9 aromatic carbocycles. The van der Waals surface area contributed by atoms with Gasteiger partial charge in [-0.25, -0.2) is 38.7 Å². The molecule has 0 aliphatic carbocycles. The minimum atomic E-state index is -4.09. The molecule has 3 aliphatic rings. The van der Waals surface area contributed by atoms with Crippen LogP contribution >= 0.6 is 0 Å². The normalized spacial score (nSPS) is 14.1. The number of carbonyl (C=O) groups is 5. The fraction of sp³-hybridized carbons (Fsp3) is 0.390. The van der Waals surface area contributed by atoms with E-state index in [1.165, 1.54) is 92.6 Å². The Balaban J connectivity index is 0. The molecule has 792 valence electrons. The molecule has 4 heterocycles. The van der Waals surface area contributed by atoms with Gasteiger partial charge in [0.2, 0.25) is 46.0 Å². The van der Waals surface area contributed by atoms with E-state index in [4.69, 9.17) is 47.5 Å². The smallest absolute Gasteiger partial charge is 0.553 e. The van der Waals surface area contributed by atoms with E-state index in [0.717, 1.165) is 4.31 Å². The van der Waals surface area contributed by atoms with E-state index in [-0.39, 0.29) is 102 Å². The van der Waals surface area contributed by atoms with Crippen molar-refractivity contribution in [1.82, 2.24) is 41.9 Å². The third-order valence-corrected chi connectivity index (χ3v) is 30.6. The number of hydrogen-bond donors (Lipinski definition) is 8. The van der Waals surface area contributed by atoms with Crippen LogP contribution in [0, 0.1) is 0 Å². The Bertz CT molecular complexity index is 6060. The summed E-state index contributed by atoms with van der Waals surface area (Å²) >= 11 is 0. The van der Waals surface area contributed by atoms with Gasteiger partial charge in [-0.1, -0.05) is 243 Å². The summed E-state index contributed by atoms with van der Waals surface area (Å²) in [5.41, 5.74) is 22.8. The van der Waals surface area contributed by atoms with Crippen molar-refractivity contribution in [3.05, 3.63) is 288 Å². The molecule has 0 bridgehead atoms. The molecule has 3 fully saturated rings. The number of carboxylic acid groups (broad SMARTS) is 1. The Hall–Kier alpha value is -10.3. The molecule has 144 heavy (non-hydrogen) atoms. The number of piperazine rings is 3. The van der Waals surface area contributed by atoms with Crippen LogP contribution in [0.5, 0.6) is 0 Å². The van der Waals surface area contributed by atoms with Crippen LogP contribution in [-0.4, -0.2) is 255 Å². The fourth-order valence-electron chi connectivity index (χ4n) is 12.7. The SMILES string of the molecule is CC.CC.CC.CC.CC.CC.CC.CC(=O)C(C)N.CC(C(=O)Nc1ccccc1C(N)=O)N1CCN(S(=O)(=O)c2ccccc2)CC1.CC(C(=O)O)N1CCN(S(=O)(=O)c2ccccc2)CC1.CC(c1nc2ccccc2c(=O)[nH]1)N1CCN(S(=O)(=O)c2ccccc2)CC1.NC(=O)c1ccccc1N.O=S(=O)(OCCN(CCOS(=O)(=O)c1ccccc1)S(=O)(=O)c1ccccc1)c1ccccc1.[NH-]O.[Na+]. The number of anilines is 2. The first-order chi connectivity index (χ1) is 68.2. The summed E-state index contributed by atoms with van der Waals surface area (Å²) < 4.78 is 167. The standard InChI is InChI=1S/C22H23NO8S3.C20H24N4O4S.C20H22N4O3S.C13H18N2O4S.C7H8N2O.C4H9NO.7C2H6.H2NO.Na/c24-32(25,20-10-4-1-5-11-20)23(16-18-30-33(26,27)21-12-6-2-7-13-21)17-19-31-34(28,29)22-14-8-3-9-15-22;1-15(20(26)22-18-10-6-5-9-17(18)19(21)25)23-11-13-24(14-12-23)29(27,28)16-7-3-2-4-8-16;1-15(19-21-18-10-6-5-9-17(18)20(25)22-19)23-11-13-24(14-12-23)28(26,27)16-7-3-2-4-8-16;1-11(13(16)17)14-7-9-15(10-8-14)20(18,19)12-5-3-2-4-6-12;8-6-4-2-1-3-5(6)7(9)10;1-3(5)4(2)6;8*1-2;/h1-15H,16-19H2;2-10,15H,11-14H2,1H3,(H2,21,25)(H,22,26);2-10,15H,11-14H2,1H3,(H,21,22,25);2-6,11H,7-10H2,1H3,(H,16,17);1-4H,8H2,(H2,9,10);3H,5H2,1-2H3;7*1-2H3;1-2H;/q;;;;;;;;;;;;;-1;+1. The van der Waals surface area contributed by atoms with Crippen molar-refractivity contribution >= 4 is 112 Å². The van der Waals surface area contributed by atoms with Crippen molar-refractivity contribution < 1.29 is 123 Å². The number of fused-ring (bicyclic) bond motifs is 1. The van der Waals surface area contributed by atoms with Crippen molar-refractivity contribution in [2.24, 2.45) is 17.2 Å². The zero-order valence-corrected chi connectivity index (χ0v) is 93.2. The molecule has 3 aliphatic heterocycles. The Labute approximate surface area is 876 Å². The molecule has 37 nitrogen and oxygen atoms in total. The number of primary amides is 2. The number of nitrogen functional groups attached to an aromatic ring is 1. The molecular weight excluding hydrogens is 1980 g/mol. The quantitative estimate of drug-likeness (QED) is 0.00977. The van der Waals surface area contributed by atoms with E-state index >= 15 is 0 Å². The summed E-state index contributed by atoms with van der Waals surface area (Å²) in [7, 11) is -22.8. The van der Waals surface area contributed by atoms with Gasteiger partial charge in [0, 0.05) is 97.3 Å². The molecule has 44 heteroatoms. The van der Waals surface area contributed by atoms with Gasteiger partial charge in [0.05, 0.1) is 88.4 Å². The van der Waals surface area contributed by atoms with Crippen LogP contribution in [0.1, 0.15) is 164 Å². The second-order valence-corrected chi connectivity index (χ2v) is 39.7. The molecule has 4 atom stereocenters. The van der Waals surface area contributed by atoms with Crippen molar-refractivity contribution in [3.63, 3.8) is 0 Å². The van der Waals surface area contributed by atoms with Gasteiger partial charge in [0.15, 0.2) is 0 Å². The van der Waals surface area contributed by atoms with Crippen molar-refractivity contribution in [1.29, 1.82) is 0 Å². The van der Waals surface area contributed by atoms with Gasteiger partial charge in [0.25, 0.3) is 37.6 Å². The molecule has 0 spiro atoms. The van der Waals surface area contributed by atoms with Gasteiger partial charge >= 0.3 is 35.5 Å². The first-order valence-electron chi connectivity index (χ1n) is 47.0. The van der Waals surface area contributed by atoms with Gasteiger partial charge in [-0.15, -0.1) is 0 Å². The Kier molecular flexibility index (Phi) is 67.9. The number of aromatic amines is 1. The van der Waals surface area contributed by atoms with Crippen LogP contribution in [0.15, 0.2) is 289 Å². The Morgan fingerprint density at radius 3 is 1.02 bits per heavy atom. The largest absolute Gasteiger partial charge is 1.00 e. The molecule has 13 N–H and O–H groups in total. The number of carboxylic acids is 1. The number of nitrogens with one attached hydrogen (secondary N) is 3. The minimum Gasteiger partial charge on any atom is -0.553 e. The van der Waals surface area contributed by atoms with E-state index in [2.05, 4.69) is 20.2 Å². The first-order valence-corrected chi connectivity index (χ1v) is 55.6. The zero-order valence-electron chi connectivity index (χ0n) is 86.3. The van der Waals surface area contributed by atoms with Crippen LogP contribution in [0.2, 0.25) is 0 Å². The molecule has 4 unspecified atom stereocenters. The number of amides is 3. The van der Waals surface area contributed by atoms with E-state index in [0.29, 0.717) is 117 Å². The summed E-state index contributed by atoms with van der Waals surface area (Å²) in [5.74, 6) is 3.12. The van der Waals surface area contributed by atoms with E-state index in [1.54, 1.807) is 189 Å². The molecule has 10 aromatic rings. The molecule has 0 radical (unpaired) electrons. The number of sulfonamides is 4. The van der Waals surface area contributed by atoms with Crippen molar-refractivity contribution in [2.45, 2.75) is 185 Å². The van der Waals surface area contributed by atoms with Crippen LogP contribution in [0.4, 0.5) is 11.4 Å². The summed E-state index contributed by atoms with van der Waals surface area (Å²) in [4.78, 5) is 82.0. The summed E-state index contributed by atoms with van der Waals surface area (Å²) in [5, 5.41) is 18.5. The van der Waals surface area contributed by atoms with Crippen LogP contribution < -0.4 is 63.4 Å². The molecule has 0 saturated carbocycles. The number of carbonyl (C=O) groups excluding carboxylic acids is 4. The molecule has 3 saturated heterocycles. The van der Waals surface area contributed by atoms with Gasteiger partial charge in [0.1, 0.15) is 17.6 Å². The second kappa shape index (κ2) is 72.1. The maximum Gasteiger partial charge on any atom is 1.00 e. The van der Waals surface area contributed by atoms with E-state index < -0.39 is 103 Å². The number of hydrogen-bond acceptors (Lipinski definition) is 27. The number of Topliss-reactive ketones (excluding diaryl/α,β-unsaturated/α-hetero) is 1. The average molecular weight is 2130 g/mol. The van der Waals surface area contributed by atoms with Crippen molar-refractivity contribution in [2.75, 3.05) is 116 Å². The maximum absolute atomic E-state index is 13.1. The zero-order chi connectivity index (χ0) is 109. The number of nitrogens with two attached hydrogens (primary N) is 4. The van der Waals surface area contributed by atoms with E-state index in [9.17, 15) is 79.3 Å². The number of nitrogens with zero attached hydrogens (tertiary/aromatic N) is 8. The van der Waals surface area contributed by atoms with Gasteiger partial charge in [-0.3, -0.25) is 51.8 Å². The summed E-state index contributed by atoms with van der Waals surface area (Å²) in [6.07, 6.45) is 0. The Morgan fingerprint density at radius 2 is 0.701 bits per heavy atom. The number of para-hydroxylation sites is 3. The first kappa shape index (κ1) is 136. The number of H-pyrrole nitrogens is 1. The number of rotatable bonds is 28. The predicted octanol–water partition coefficient (Wildman–Crippen LogP) is 11.0. The predicted molar refractivity (Wildman–Crippen MR) is 565 cm³/mol. The third-order valence-electron chi connectivity index (χ3n) is 20.3. The average Bonchev–Trinajstić information content (AvgIpc) is 0.914. The molecule has 1 aromatic heterocycles. The second-order valence-electron chi connectivity index (χ2n) is 28.7. The van der Waals surface area contributed by atoms with Crippen LogP contribution in [-0.2, 0) is 83.1 Å². The van der Waals surface area contributed by atoms with Gasteiger partial charge < -0.3 is 49.4 Å². The fourth-order valence-corrected chi connectivity index (χ4v) is 20.3.